The molecule has 1 aromatic carbocycles. The average Bonchev–Trinajstić information content (AvgIpc) is 3.78. The van der Waals surface area contributed by atoms with E-state index in [4.69, 9.17) is 4.74 Å². The van der Waals surface area contributed by atoms with Gasteiger partial charge in [0.15, 0.2) is 5.78 Å². The van der Waals surface area contributed by atoms with Crippen LogP contribution in [0.5, 0.6) is 0 Å². The highest BCUT2D eigenvalue weighted by Crippen LogP contribution is 2.71. The van der Waals surface area contributed by atoms with Crippen molar-refractivity contribution in [1.29, 1.82) is 0 Å². The minimum Gasteiger partial charge on any atom is -0.392 e. The highest BCUT2D eigenvalue weighted by atomic mass is 16.5. The summed E-state index contributed by atoms with van der Waals surface area (Å²) in [5.41, 5.74) is 5.53. The first kappa shape index (κ1) is 42.4. The molecule has 2 aromatic rings. The molecule has 6 aliphatic rings. The van der Waals surface area contributed by atoms with Gasteiger partial charge in [-0.3, -0.25) is 9.59 Å². The first-order valence-corrected chi connectivity index (χ1v) is 22.4. The number of aromatic nitrogens is 1. The third-order valence-corrected chi connectivity index (χ3v) is 16.6. The van der Waals surface area contributed by atoms with Gasteiger partial charge in [-0.05, 0) is 160 Å². The number of carbonyl (C=O) groups is 2. The number of fused-ring (bicyclic) bond motifs is 11. The topological polar surface area (TPSA) is 121 Å². The van der Waals surface area contributed by atoms with Crippen LogP contribution in [0.1, 0.15) is 173 Å². The summed E-state index contributed by atoms with van der Waals surface area (Å²) in [4.78, 5) is 28.2. The zero-order chi connectivity index (χ0) is 43.2. The van der Waals surface area contributed by atoms with Crippen LogP contribution in [0.2, 0.25) is 0 Å². The predicted molar refractivity (Wildman–Crippen MR) is 235 cm³/mol. The zero-order valence-corrected chi connectivity index (χ0v) is 37.8. The predicted octanol–water partition coefficient (Wildman–Crippen LogP) is 9.54. The molecule has 0 spiro atoms. The number of ketones is 1. The number of nitrogens with one attached hydrogen (secondary N) is 1. The van der Waals surface area contributed by atoms with Crippen LogP contribution in [0.15, 0.2) is 48.1 Å². The standard InChI is InChI=1S/C51H70N2O6/c1-27(2)40-43(56)38-37-31(34-26-47(7,8)59-48(9,10)39(34)42(37)55)25-32-33-24-30-18-19-35-49(11,22-14-16-28(3)45(57)52-29(4)17-15-21-46(5,6)58)36(54)20-23-50(35,12)51(30,13)44(33)53(40)41(32)38/h14,16,22,25-26,29-30,35-36,39-40,42,54-55,58H,1,15,17-21,23-24H2,2-13H3,(H,52,57)/b22-14+,28-16+. The van der Waals surface area contributed by atoms with Crippen molar-refractivity contribution in [2.75, 3.05) is 0 Å². The van der Waals surface area contributed by atoms with Crippen LogP contribution >= 0.6 is 0 Å². The summed E-state index contributed by atoms with van der Waals surface area (Å²) >= 11 is 0. The second-order valence-electron chi connectivity index (χ2n) is 22.1. The second kappa shape index (κ2) is 13.6. The summed E-state index contributed by atoms with van der Waals surface area (Å²) in [6.45, 7) is 29.2. The molecule has 0 bridgehead atoms. The number of aliphatic hydroxyl groups excluding tert-OH is 2. The molecule has 4 N–H and O–H groups in total. The molecule has 320 valence electrons. The lowest BCUT2D eigenvalue weighted by molar-refractivity contribution is -0.144. The third kappa shape index (κ3) is 6.11. The van der Waals surface area contributed by atoms with Crippen molar-refractivity contribution in [2.24, 2.45) is 28.6 Å². The Morgan fingerprint density at radius 3 is 2.46 bits per heavy atom. The fourth-order valence-corrected chi connectivity index (χ4v) is 13.8. The lowest BCUT2D eigenvalue weighted by Gasteiger charge is -2.64. The minimum atomic E-state index is -0.864. The zero-order valence-electron chi connectivity index (χ0n) is 37.8. The maximum Gasteiger partial charge on any atom is 0.247 e. The summed E-state index contributed by atoms with van der Waals surface area (Å²) < 4.78 is 8.92. The molecule has 8 nitrogen and oxygen atoms in total. The number of ether oxygens (including phenoxy) is 1. The summed E-state index contributed by atoms with van der Waals surface area (Å²) in [5.74, 6) is 0.163. The van der Waals surface area contributed by atoms with Crippen LogP contribution in [0.3, 0.4) is 0 Å². The largest absolute Gasteiger partial charge is 0.392 e. The molecule has 0 radical (unpaired) electrons. The molecular weight excluding hydrogens is 737 g/mol. The van der Waals surface area contributed by atoms with Gasteiger partial charge in [-0.1, -0.05) is 51.2 Å². The molecule has 1 amide bonds. The lowest BCUT2D eigenvalue weighted by atomic mass is 9.40. The second-order valence-corrected chi connectivity index (χ2v) is 22.1. The van der Waals surface area contributed by atoms with E-state index in [1.165, 1.54) is 11.3 Å². The molecular formula is C51H70N2O6. The van der Waals surface area contributed by atoms with E-state index in [0.717, 1.165) is 71.7 Å². The molecule has 2 saturated carbocycles. The average molecular weight is 807 g/mol. The molecule has 2 fully saturated rings. The van der Waals surface area contributed by atoms with Crippen LogP contribution < -0.4 is 5.32 Å². The normalized spacial score (nSPS) is 35.9. The van der Waals surface area contributed by atoms with Crippen molar-refractivity contribution in [3.05, 3.63) is 76.0 Å². The van der Waals surface area contributed by atoms with E-state index < -0.39 is 40.5 Å². The summed E-state index contributed by atoms with van der Waals surface area (Å²) in [6, 6.07) is 1.76. The summed E-state index contributed by atoms with van der Waals surface area (Å²) in [6.07, 6.45) is 13.6. The van der Waals surface area contributed by atoms with Crippen LogP contribution in [0.25, 0.3) is 16.5 Å². The fraction of sp³-hybridized carbons (Fsp3) is 0.647. The van der Waals surface area contributed by atoms with E-state index in [-0.39, 0.29) is 40.4 Å². The van der Waals surface area contributed by atoms with E-state index >= 15 is 0 Å². The van der Waals surface area contributed by atoms with E-state index in [1.807, 2.05) is 46.8 Å². The van der Waals surface area contributed by atoms with Gasteiger partial charge in [-0.2, -0.15) is 0 Å². The van der Waals surface area contributed by atoms with E-state index in [0.29, 0.717) is 29.9 Å². The number of benzene rings is 1. The van der Waals surface area contributed by atoms with Crippen molar-refractivity contribution >= 4 is 28.2 Å². The number of Topliss-reactive ketones (excluding diaryl/α,β-unsaturated/α-hetero) is 1. The molecule has 10 unspecified atom stereocenters. The van der Waals surface area contributed by atoms with Gasteiger partial charge < -0.3 is 29.9 Å². The highest BCUT2D eigenvalue weighted by molar-refractivity contribution is 6.18. The Hall–Kier alpha value is -3.30. The van der Waals surface area contributed by atoms with Gasteiger partial charge in [0.1, 0.15) is 6.04 Å². The van der Waals surface area contributed by atoms with Gasteiger partial charge >= 0.3 is 0 Å². The smallest absolute Gasteiger partial charge is 0.247 e. The van der Waals surface area contributed by atoms with E-state index in [2.05, 4.69) is 83.1 Å². The molecule has 8 heteroatoms. The van der Waals surface area contributed by atoms with Gasteiger partial charge in [0.05, 0.1) is 40.1 Å². The maximum absolute atomic E-state index is 15.0. The fourth-order valence-electron chi connectivity index (χ4n) is 13.8. The van der Waals surface area contributed by atoms with Crippen LogP contribution in [-0.2, 0) is 21.4 Å². The Kier molecular flexibility index (Phi) is 9.77. The molecule has 2 aliphatic heterocycles. The number of hydrogen-bond donors (Lipinski definition) is 4. The quantitative estimate of drug-likeness (QED) is 0.114. The first-order valence-electron chi connectivity index (χ1n) is 22.4. The van der Waals surface area contributed by atoms with E-state index in [1.54, 1.807) is 0 Å². The Balaban J connectivity index is 1.18. The first-order chi connectivity index (χ1) is 27.3. The van der Waals surface area contributed by atoms with Gasteiger partial charge in [0.2, 0.25) is 5.91 Å². The summed E-state index contributed by atoms with van der Waals surface area (Å²) in [5, 5.41) is 38.5. The Morgan fingerprint density at radius 2 is 1.80 bits per heavy atom. The Morgan fingerprint density at radius 1 is 1.10 bits per heavy atom. The maximum atomic E-state index is 15.0. The number of hydrogen-bond acceptors (Lipinski definition) is 6. The number of nitrogens with zero attached hydrogens (tertiary/aromatic N) is 1. The molecule has 1 aromatic heterocycles. The van der Waals surface area contributed by atoms with Crippen molar-refractivity contribution < 1.29 is 29.6 Å². The van der Waals surface area contributed by atoms with Crippen molar-refractivity contribution in [3.63, 3.8) is 0 Å². The van der Waals surface area contributed by atoms with Gasteiger partial charge in [-0.15, -0.1) is 0 Å². The van der Waals surface area contributed by atoms with Gasteiger partial charge in [0, 0.05) is 45.0 Å². The number of aliphatic hydroxyl groups is 3. The number of rotatable bonds is 9. The third-order valence-electron chi connectivity index (χ3n) is 16.6. The van der Waals surface area contributed by atoms with Gasteiger partial charge in [0.25, 0.3) is 0 Å². The number of allylic oxidation sites excluding steroid dienone is 3. The number of amides is 1. The Labute approximate surface area is 352 Å². The van der Waals surface area contributed by atoms with Crippen molar-refractivity contribution in [3.8, 4) is 0 Å². The molecule has 0 saturated heterocycles. The van der Waals surface area contributed by atoms with Gasteiger partial charge in [-0.25, -0.2) is 0 Å². The van der Waals surface area contributed by atoms with Crippen LogP contribution in [-0.4, -0.2) is 60.5 Å². The van der Waals surface area contributed by atoms with Crippen LogP contribution in [0, 0.1) is 28.6 Å². The monoisotopic (exact) mass is 807 g/mol. The lowest BCUT2D eigenvalue weighted by Crippen LogP contribution is -2.62. The molecule has 59 heavy (non-hydrogen) atoms. The molecule has 8 rings (SSSR count). The van der Waals surface area contributed by atoms with E-state index in [9.17, 15) is 24.9 Å². The molecule has 10 atom stereocenters. The molecule has 3 heterocycles. The SMILES string of the molecule is C=C(C)C1C(=O)c2c3c(cc4c5c(n1c24)C1(C)C(CCC2C(C)(/C=C/C=C(\C)C(=O)NC(C)CCCC(C)(C)O)C(O)CCC21C)C5)C1=CC(C)(C)OC(C)(C)C1C3O. The Bertz CT molecular complexity index is 2250. The van der Waals surface area contributed by atoms with Crippen molar-refractivity contribution in [2.45, 2.75) is 181 Å². The molecule has 4 aliphatic carbocycles. The highest BCUT2D eigenvalue weighted by Gasteiger charge is 2.68. The summed E-state index contributed by atoms with van der Waals surface area (Å²) in [7, 11) is 0. The van der Waals surface area contributed by atoms with Crippen molar-refractivity contribution in [1.82, 2.24) is 9.88 Å². The number of carbonyl (C=O) groups excluding carboxylic acids is 2. The minimum absolute atomic E-state index is 0.00785. The van der Waals surface area contributed by atoms with Crippen LogP contribution in [0.4, 0.5) is 0 Å².